The first-order valence-electron chi connectivity index (χ1n) is 12.2. The SMILES string of the molecule is O=c1n(-c2ccncc2)c2c(n1-c1ccncc1)S[N+]1(S2)Sc2c(n(-c3ccncc3)c(=S)n2-c2ccncc2)S1. The maximum atomic E-state index is 13.9. The molecule has 0 atom stereocenters. The van der Waals surface area contributed by atoms with E-state index in [0.29, 0.717) is 6.88 Å². The first-order chi connectivity index (χ1) is 20.1. The van der Waals surface area contributed by atoms with E-state index in [1.54, 1.807) is 107 Å². The second kappa shape index (κ2) is 9.75. The van der Waals surface area contributed by atoms with Crippen LogP contribution in [0.25, 0.3) is 22.7 Å². The number of aromatic nitrogens is 8. The molecule has 15 heteroatoms. The molecule has 0 aliphatic carbocycles. The molecule has 0 fully saturated rings. The third-order valence-corrected chi connectivity index (χ3v) is 12.8. The summed E-state index contributed by atoms with van der Waals surface area (Å²) in [5.74, 6) is 0. The van der Waals surface area contributed by atoms with Crippen molar-refractivity contribution in [2.45, 2.75) is 20.1 Å². The van der Waals surface area contributed by atoms with Crippen molar-refractivity contribution in [3.05, 3.63) is 113 Å². The topological polar surface area (TPSA) is 88.4 Å². The van der Waals surface area contributed by atoms with Crippen molar-refractivity contribution < 1.29 is 2.10 Å². The zero-order valence-corrected chi connectivity index (χ0v) is 24.8. The molecule has 8 rings (SSSR count). The van der Waals surface area contributed by atoms with Gasteiger partial charge in [0.2, 0.25) is 0 Å². The smallest absolute Gasteiger partial charge is 0.274 e. The first kappa shape index (κ1) is 25.1. The predicted molar refractivity (Wildman–Crippen MR) is 162 cm³/mol. The lowest BCUT2D eigenvalue weighted by Gasteiger charge is -2.18. The molecule has 0 unspecified atom stereocenters. The van der Waals surface area contributed by atoms with Gasteiger partial charge in [0.15, 0.2) is 72.7 Å². The largest absolute Gasteiger partial charge is 0.339 e. The third-order valence-electron chi connectivity index (χ3n) is 6.42. The minimum atomic E-state index is -0.141. The number of fused-ring (bicyclic) bond motifs is 2. The zero-order chi connectivity index (χ0) is 27.6. The molecular weight excluding hydrogens is 615 g/mol. The molecule has 200 valence electrons. The van der Waals surface area contributed by atoms with E-state index in [-0.39, 0.29) is 5.69 Å². The number of pyridine rings is 4. The molecule has 0 N–H and O–H groups in total. The van der Waals surface area contributed by atoms with Crippen molar-refractivity contribution in [1.29, 1.82) is 0 Å². The maximum absolute atomic E-state index is 13.9. The zero-order valence-electron chi connectivity index (χ0n) is 20.7. The molecule has 0 amide bonds. The van der Waals surface area contributed by atoms with Crippen LogP contribution in [0.3, 0.4) is 0 Å². The van der Waals surface area contributed by atoms with Crippen LogP contribution in [0.15, 0.2) is 123 Å². The van der Waals surface area contributed by atoms with Gasteiger partial charge >= 0.3 is 5.69 Å². The van der Waals surface area contributed by atoms with Crippen LogP contribution in [0.1, 0.15) is 0 Å². The number of hydrogen-bond acceptors (Lipinski definition) is 10. The van der Waals surface area contributed by atoms with E-state index in [0.717, 1.165) is 42.9 Å². The Labute approximate surface area is 255 Å². The molecule has 10 nitrogen and oxygen atoms in total. The van der Waals surface area contributed by atoms with Gasteiger partial charge in [-0.15, -0.1) is 0 Å². The van der Waals surface area contributed by atoms with Gasteiger partial charge in [0.25, 0.3) is 0 Å². The van der Waals surface area contributed by atoms with E-state index >= 15 is 0 Å². The fourth-order valence-corrected chi connectivity index (χ4v) is 11.7. The Bertz CT molecular complexity index is 1750. The van der Waals surface area contributed by atoms with E-state index in [2.05, 4.69) is 29.1 Å². The summed E-state index contributed by atoms with van der Waals surface area (Å²) in [5, 5.41) is 3.75. The fraction of sp³-hybridized carbons (Fsp3) is 0. The van der Waals surface area contributed by atoms with Crippen molar-refractivity contribution in [3.8, 4) is 22.7 Å². The predicted octanol–water partition coefficient (Wildman–Crippen LogP) is 6.09. The Morgan fingerprint density at radius 3 is 1.07 bits per heavy atom. The van der Waals surface area contributed by atoms with E-state index in [1.165, 1.54) is 0 Å². The summed E-state index contributed by atoms with van der Waals surface area (Å²) in [6, 6.07) is 15.2. The third kappa shape index (κ3) is 3.95. The maximum Gasteiger partial charge on any atom is 0.339 e. The van der Waals surface area contributed by atoms with Gasteiger partial charge in [-0.25, -0.2) is 13.9 Å². The highest BCUT2D eigenvalue weighted by molar-refractivity contribution is 8.31. The lowest BCUT2D eigenvalue weighted by Crippen LogP contribution is -2.24. The van der Waals surface area contributed by atoms with Crippen molar-refractivity contribution in [3.63, 3.8) is 0 Å². The minimum Gasteiger partial charge on any atom is -0.274 e. The summed E-state index contributed by atoms with van der Waals surface area (Å²) in [6.07, 6.45) is 13.9. The van der Waals surface area contributed by atoms with Gasteiger partial charge in [0.05, 0.1) is 22.7 Å². The van der Waals surface area contributed by atoms with E-state index in [9.17, 15) is 4.79 Å². The summed E-state index contributed by atoms with van der Waals surface area (Å²) in [6.45, 7) is 0. The second-order valence-corrected chi connectivity index (χ2v) is 15.0. The molecule has 0 saturated carbocycles. The first-order valence-corrected chi connectivity index (χ1v) is 15.7. The van der Waals surface area contributed by atoms with Gasteiger partial charge in [-0.05, 0) is 60.7 Å². The van der Waals surface area contributed by atoms with Crippen LogP contribution in [0.4, 0.5) is 0 Å². The Kier molecular flexibility index (Phi) is 5.98. The molecule has 0 bridgehead atoms. The van der Waals surface area contributed by atoms with Crippen LogP contribution in [-0.4, -0.2) is 40.3 Å². The standard InChI is InChI=1S/C26H16N9OS5/c36-25-31(17-1-9-27-10-2-17)21-22(32(25)18-3-11-28-12-4-18)39-35(38-21)40-23-24(41-35)34(20-7-15-30-16-8-20)26(37)33(23)19-5-13-29-14-6-19/h1-16H/q+1. The summed E-state index contributed by atoms with van der Waals surface area (Å²) >= 11 is 12.7. The molecular formula is C26H16N9OS5+. The average Bonchev–Trinajstić information content (AvgIpc) is 3.69. The highest BCUT2D eigenvalue weighted by Gasteiger charge is 2.58. The molecule has 6 aromatic rings. The summed E-state index contributed by atoms with van der Waals surface area (Å²) in [5.41, 5.74) is 3.25. The second-order valence-electron chi connectivity index (χ2n) is 8.76. The average molecular weight is 631 g/mol. The van der Waals surface area contributed by atoms with Crippen LogP contribution in [0.2, 0.25) is 0 Å². The van der Waals surface area contributed by atoms with Crippen LogP contribution in [0.5, 0.6) is 0 Å². The van der Waals surface area contributed by atoms with Gasteiger partial charge in [-0.1, -0.05) is 2.10 Å². The van der Waals surface area contributed by atoms with Crippen molar-refractivity contribution in [1.82, 2.24) is 38.2 Å². The quantitative estimate of drug-likeness (QED) is 0.130. The van der Waals surface area contributed by atoms with E-state index in [1.807, 2.05) is 48.5 Å². The van der Waals surface area contributed by atoms with Crippen LogP contribution < -0.4 is 5.69 Å². The number of rotatable bonds is 4. The van der Waals surface area contributed by atoms with Crippen LogP contribution in [0, 0.1) is 4.77 Å². The molecule has 0 radical (unpaired) electrons. The number of nitrogens with zero attached hydrogens (tertiary/aromatic N) is 9. The van der Waals surface area contributed by atoms with Crippen LogP contribution >= 0.6 is 60.0 Å². The molecule has 2 aliphatic rings. The lowest BCUT2D eigenvalue weighted by molar-refractivity contribution is -0.268. The van der Waals surface area contributed by atoms with Gasteiger partial charge in [-0.2, -0.15) is 0 Å². The monoisotopic (exact) mass is 630 g/mol. The van der Waals surface area contributed by atoms with Gasteiger partial charge < -0.3 is 0 Å². The van der Waals surface area contributed by atoms with Crippen LogP contribution in [-0.2, 0) is 0 Å². The van der Waals surface area contributed by atoms with Crippen molar-refractivity contribution >= 4 is 60.0 Å². The number of hydrogen-bond donors (Lipinski definition) is 0. The number of quaternary nitrogens is 1. The Balaban J connectivity index is 1.30. The van der Waals surface area contributed by atoms with Gasteiger partial charge in [0, 0.05) is 49.6 Å². The Hall–Kier alpha value is -3.60. The lowest BCUT2D eigenvalue weighted by atomic mass is 10.4. The molecule has 0 saturated heterocycles. The molecule has 41 heavy (non-hydrogen) atoms. The van der Waals surface area contributed by atoms with E-state index < -0.39 is 0 Å². The molecule has 2 aliphatic heterocycles. The summed E-state index contributed by atoms with van der Waals surface area (Å²) in [7, 11) is 0. The van der Waals surface area contributed by atoms with E-state index in [4.69, 9.17) is 12.2 Å². The van der Waals surface area contributed by atoms with Crippen molar-refractivity contribution in [2.75, 3.05) is 0 Å². The highest BCUT2D eigenvalue weighted by atomic mass is 32.3. The highest BCUT2D eigenvalue weighted by Crippen LogP contribution is 2.71. The Morgan fingerprint density at radius 1 is 0.488 bits per heavy atom. The summed E-state index contributed by atoms with van der Waals surface area (Å²) in [4.78, 5) is 30.6. The molecule has 6 aromatic heterocycles. The summed E-state index contributed by atoms with van der Waals surface area (Å²) < 4.78 is 8.80. The minimum absolute atomic E-state index is 0.141. The molecule has 8 heterocycles. The van der Waals surface area contributed by atoms with Gasteiger partial charge in [0.1, 0.15) is 0 Å². The molecule has 1 spiro atoms. The Morgan fingerprint density at radius 2 is 0.756 bits per heavy atom. The van der Waals surface area contributed by atoms with Crippen molar-refractivity contribution in [2.24, 2.45) is 0 Å². The molecule has 0 aromatic carbocycles. The van der Waals surface area contributed by atoms with Gasteiger partial charge in [-0.3, -0.25) is 29.1 Å². The fourth-order valence-electron chi connectivity index (χ4n) is 4.67. The normalized spacial score (nSPS) is 14.8. The number of imidazole rings is 2.